The Morgan fingerprint density at radius 1 is 0.436 bits per heavy atom. The molecule has 55 heavy (non-hydrogen) atoms. The van der Waals surface area contributed by atoms with Crippen LogP contribution in [0.1, 0.15) is 165 Å². The molecular formula is C51H68N2Se2. The number of aliphatic imine (C=N–C) groups is 2. The van der Waals surface area contributed by atoms with Crippen LogP contribution in [0.25, 0.3) is 11.1 Å². The zero-order valence-electron chi connectivity index (χ0n) is 34.2. The van der Waals surface area contributed by atoms with Crippen molar-refractivity contribution < 1.29 is 0 Å². The Balaban J connectivity index is 1.06. The maximum atomic E-state index is 4.99. The van der Waals surface area contributed by atoms with Gasteiger partial charge in [-0.25, -0.2) is 0 Å². The van der Waals surface area contributed by atoms with Gasteiger partial charge in [0.2, 0.25) is 0 Å². The third kappa shape index (κ3) is 15.6. The van der Waals surface area contributed by atoms with Crippen molar-refractivity contribution in [1.82, 2.24) is 0 Å². The zero-order valence-corrected chi connectivity index (χ0v) is 37.6. The van der Waals surface area contributed by atoms with Gasteiger partial charge in [-0.2, -0.15) is 0 Å². The minimum atomic E-state index is 0.498. The van der Waals surface area contributed by atoms with Crippen molar-refractivity contribution >= 4 is 62.6 Å². The van der Waals surface area contributed by atoms with Gasteiger partial charge in [0.1, 0.15) is 0 Å². The van der Waals surface area contributed by atoms with Crippen LogP contribution in [-0.4, -0.2) is 42.3 Å². The van der Waals surface area contributed by atoms with E-state index in [0.29, 0.717) is 29.9 Å². The predicted molar refractivity (Wildman–Crippen MR) is 246 cm³/mol. The molecule has 5 rings (SSSR count). The number of benzene rings is 4. The molecule has 4 aromatic rings. The van der Waals surface area contributed by atoms with Crippen molar-refractivity contribution in [2.45, 2.75) is 159 Å². The molecule has 0 unspecified atom stereocenters. The van der Waals surface area contributed by atoms with Gasteiger partial charge in [0.05, 0.1) is 0 Å². The van der Waals surface area contributed by atoms with Crippen molar-refractivity contribution in [3.05, 3.63) is 107 Å². The average molecular weight is 867 g/mol. The Labute approximate surface area is 348 Å². The first-order valence-electron chi connectivity index (χ1n) is 22.0. The van der Waals surface area contributed by atoms with E-state index >= 15 is 0 Å². The van der Waals surface area contributed by atoms with Crippen LogP contribution in [0.15, 0.2) is 94.9 Å². The number of nitrogens with zero attached hydrogens (tertiary/aromatic N) is 2. The molecule has 0 radical (unpaired) electrons. The standard InChI is InChI=1S/C51H68N2Se2/c1-3-5-7-9-11-13-15-17-19-25-35-54-50-29-23-21-27-42(50)40-52-46-31-33-48-44(38-46)37-45-39-47(32-34-49(45)48)53-41-43-28-22-24-30-51(43)55-36-26-20-18-16-14-12-10-8-6-4-2/h21-24,27-34,38-41H,3-20,25-26,35-37H2,1-2H3. The normalized spacial score (nSPS) is 12.3. The number of fused-ring (bicyclic) bond motifs is 3. The Hall–Kier alpha value is -2.74. The molecule has 0 fully saturated rings. The molecule has 0 saturated heterocycles. The van der Waals surface area contributed by atoms with Gasteiger partial charge in [0, 0.05) is 0 Å². The number of hydrogen-bond acceptors (Lipinski definition) is 2. The molecule has 1 aliphatic rings. The molecule has 0 aromatic heterocycles. The molecule has 0 atom stereocenters. The second-order valence-corrected chi connectivity index (χ2v) is 20.3. The van der Waals surface area contributed by atoms with Crippen LogP contribution in [0.5, 0.6) is 0 Å². The second-order valence-electron chi connectivity index (χ2n) is 15.5. The summed E-state index contributed by atoms with van der Waals surface area (Å²) < 4.78 is 2.96. The number of unbranched alkanes of at least 4 members (excludes halogenated alkanes) is 18. The molecule has 0 bridgehead atoms. The molecule has 2 nitrogen and oxygen atoms in total. The fourth-order valence-corrected chi connectivity index (χ4v) is 11.9. The van der Waals surface area contributed by atoms with Crippen LogP contribution in [0, 0.1) is 0 Å². The molecule has 0 heterocycles. The van der Waals surface area contributed by atoms with E-state index in [4.69, 9.17) is 9.98 Å². The minimum absolute atomic E-state index is 0.498. The maximum absolute atomic E-state index is 4.99. The summed E-state index contributed by atoms with van der Waals surface area (Å²) in [6.45, 7) is 4.59. The van der Waals surface area contributed by atoms with E-state index in [2.05, 4.69) is 111 Å². The Bertz CT molecular complexity index is 1610. The summed E-state index contributed by atoms with van der Waals surface area (Å²) in [5.74, 6) is 0. The van der Waals surface area contributed by atoms with Gasteiger partial charge in [-0.15, -0.1) is 0 Å². The molecule has 0 aliphatic heterocycles. The van der Waals surface area contributed by atoms with Gasteiger partial charge < -0.3 is 0 Å². The summed E-state index contributed by atoms with van der Waals surface area (Å²) in [6.07, 6.45) is 33.2. The molecule has 0 amide bonds. The van der Waals surface area contributed by atoms with Crippen LogP contribution in [-0.2, 0) is 6.42 Å². The fourth-order valence-electron chi connectivity index (χ4n) is 7.61. The van der Waals surface area contributed by atoms with E-state index in [-0.39, 0.29) is 0 Å². The van der Waals surface area contributed by atoms with Gasteiger partial charge >= 0.3 is 350 Å². The van der Waals surface area contributed by atoms with Gasteiger partial charge in [0.15, 0.2) is 0 Å². The third-order valence-corrected chi connectivity index (χ3v) is 15.8. The predicted octanol–water partition coefficient (Wildman–Crippen LogP) is 14.1. The summed E-state index contributed by atoms with van der Waals surface area (Å²) >= 11 is 0.996. The molecule has 4 aromatic carbocycles. The first-order valence-corrected chi connectivity index (χ1v) is 26.2. The van der Waals surface area contributed by atoms with Crippen molar-refractivity contribution in [1.29, 1.82) is 0 Å². The topological polar surface area (TPSA) is 24.7 Å². The molecule has 0 N–H and O–H groups in total. The first-order chi connectivity index (χ1) is 27.2. The zero-order chi connectivity index (χ0) is 38.2. The first kappa shape index (κ1) is 43.4. The fraction of sp³-hybridized carbons (Fsp3) is 0.490. The molecule has 294 valence electrons. The van der Waals surface area contributed by atoms with E-state index < -0.39 is 0 Å². The summed E-state index contributed by atoms with van der Waals surface area (Å²) in [7, 11) is 0. The quantitative estimate of drug-likeness (QED) is 0.0272. The average Bonchev–Trinajstić information content (AvgIpc) is 3.58. The van der Waals surface area contributed by atoms with E-state index in [1.54, 1.807) is 0 Å². The van der Waals surface area contributed by atoms with Gasteiger partial charge in [-0.05, 0) is 0 Å². The van der Waals surface area contributed by atoms with Crippen LogP contribution in [0.2, 0.25) is 10.6 Å². The monoisotopic (exact) mass is 868 g/mol. The van der Waals surface area contributed by atoms with Crippen molar-refractivity contribution in [2.75, 3.05) is 0 Å². The molecular weight excluding hydrogens is 798 g/mol. The number of hydrogen-bond donors (Lipinski definition) is 0. The second kappa shape index (κ2) is 26.2. The molecule has 0 saturated carbocycles. The Morgan fingerprint density at radius 2 is 0.800 bits per heavy atom. The van der Waals surface area contributed by atoms with Crippen molar-refractivity contribution in [2.24, 2.45) is 9.98 Å². The number of rotatable bonds is 28. The van der Waals surface area contributed by atoms with Crippen molar-refractivity contribution in [3.8, 4) is 11.1 Å². The van der Waals surface area contributed by atoms with Gasteiger partial charge in [-0.3, -0.25) is 0 Å². The van der Waals surface area contributed by atoms with Crippen LogP contribution in [0.4, 0.5) is 11.4 Å². The summed E-state index contributed by atoms with van der Waals surface area (Å²) in [6, 6.07) is 31.3. The molecule has 0 spiro atoms. The summed E-state index contributed by atoms with van der Waals surface area (Å²) in [5, 5.41) is 2.65. The van der Waals surface area contributed by atoms with E-state index in [1.807, 2.05) is 0 Å². The summed E-state index contributed by atoms with van der Waals surface area (Å²) in [4.78, 5) is 9.98. The van der Waals surface area contributed by atoms with Gasteiger partial charge in [0.25, 0.3) is 0 Å². The van der Waals surface area contributed by atoms with Crippen LogP contribution < -0.4 is 8.92 Å². The van der Waals surface area contributed by atoms with E-state index in [1.165, 1.54) is 181 Å². The molecule has 4 heteroatoms. The summed E-state index contributed by atoms with van der Waals surface area (Å²) in [5.41, 5.74) is 10.0. The molecule has 1 aliphatic carbocycles. The SMILES string of the molecule is CCCCCCCCCCCC[Se]c1ccccc1C=Nc1ccc2c(c1)Cc1cc(N=Cc3ccccc3[Se]CCCCCCCCCCCC)ccc1-2. The Kier molecular flexibility index (Phi) is 20.7. The Morgan fingerprint density at radius 3 is 1.20 bits per heavy atom. The van der Waals surface area contributed by atoms with Crippen LogP contribution >= 0.6 is 0 Å². The third-order valence-electron chi connectivity index (χ3n) is 10.9. The van der Waals surface area contributed by atoms with Crippen molar-refractivity contribution in [3.63, 3.8) is 0 Å². The van der Waals surface area contributed by atoms with E-state index in [0.717, 1.165) is 17.8 Å². The van der Waals surface area contributed by atoms with Gasteiger partial charge in [-0.1, -0.05) is 0 Å². The van der Waals surface area contributed by atoms with Crippen LogP contribution in [0.3, 0.4) is 0 Å². The van der Waals surface area contributed by atoms with E-state index in [9.17, 15) is 0 Å².